The summed E-state index contributed by atoms with van der Waals surface area (Å²) >= 11 is 7.21. The van der Waals surface area contributed by atoms with Crippen molar-refractivity contribution >= 4 is 23.4 Å². The Hall–Kier alpha value is -2.84. The highest BCUT2D eigenvalue weighted by atomic mass is 35.5. The Kier molecular flexibility index (Phi) is 5.08. The summed E-state index contributed by atoms with van der Waals surface area (Å²) in [4.78, 5) is 4.38. The Balaban J connectivity index is 1.40. The number of nitrogens with zero attached hydrogens (tertiary/aromatic N) is 4. The fourth-order valence-corrected chi connectivity index (χ4v) is 3.00. The first-order chi connectivity index (χ1) is 13.2. The maximum absolute atomic E-state index is 5.88. The third kappa shape index (κ3) is 4.12. The molecule has 2 aromatic carbocycles. The topological polar surface area (TPSA) is 87.1 Å². The normalized spacial score (nSPS) is 10.9. The average molecular weight is 401 g/mol. The zero-order valence-electron chi connectivity index (χ0n) is 14.1. The highest BCUT2D eigenvalue weighted by molar-refractivity contribution is 7.98. The number of thioether (sulfide) groups is 1. The van der Waals surface area contributed by atoms with E-state index in [2.05, 4.69) is 20.3 Å². The molecule has 2 aromatic heterocycles. The van der Waals surface area contributed by atoms with Crippen LogP contribution in [0.3, 0.4) is 0 Å². The van der Waals surface area contributed by atoms with Gasteiger partial charge in [0.05, 0.1) is 12.9 Å². The maximum Gasteiger partial charge on any atom is 0.277 e. The summed E-state index contributed by atoms with van der Waals surface area (Å²) in [6, 6.07) is 14.6. The lowest BCUT2D eigenvalue weighted by molar-refractivity contribution is 0.390. The second kappa shape index (κ2) is 7.81. The molecule has 0 saturated carbocycles. The number of rotatable bonds is 6. The third-order valence-corrected chi connectivity index (χ3v) is 4.69. The molecule has 7 nitrogen and oxygen atoms in total. The molecule has 0 spiro atoms. The molecule has 2 heterocycles. The van der Waals surface area contributed by atoms with E-state index in [4.69, 9.17) is 25.3 Å². The van der Waals surface area contributed by atoms with Gasteiger partial charge in [-0.1, -0.05) is 28.5 Å². The van der Waals surface area contributed by atoms with Gasteiger partial charge < -0.3 is 13.7 Å². The molecule has 0 saturated heterocycles. The van der Waals surface area contributed by atoms with Gasteiger partial charge in [0.15, 0.2) is 0 Å². The third-order valence-electron chi connectivity index (χ3n) is 3.63. The van der Waals surface area contributed by atoms with Crippen LogP contribution in [-0.2, 0) is 5.75 Å². The minimum absolute atomic E-state index is 0.421. The SMILES string of the molecule is COc1ccc(-c2noc(CSc3nnc(-c4ccc(Cl)cc4)o3)n2)cc1. The Morgan fingerprint density at radius 1 is 1.00 bits per heavy atom. The van der Waals surface area contributed by atoms with Crippen LogP contribution < -0.4 is 4.74 Å². The average Bonchev–Trinajstić information content (AvgIpc) is 3.37. The summed E-state index contributed by atoms with van der Waals surface area (Å²) in [5.41, 5.74) is 1.65. The van der Waals surface area contributed by atoms with Crippen LogP contribution in [-0.4, -0.2) is 27.4 Å². The summed E-state index contributed by atoms with van der Waals surface area (Å²) in [7, 11) is 1.62. The number of hydrogen-bond acceptors (Lipinski definition) is 8. The van der Waals surface area contributed by atoms with Crippen molar-refractivity contribution in [3.8, 4) is 28.6 Å². The van der Waals surface area contributed by atoms with Gasteiger partial charge in [0, 0.05) is 16.1 Å². The van der Waals surface area contributed by atoms with Crippen molar-refractivity contribution in [2.45, 2.75) is 11.0 Å². The van der Waals surface area contributed by atoms with Crippen LogP contribution in [0.1, 0.15) is 5.89 Å². The molecule has 4 aromatic rings. The number of hydrogen-bond donors (Lipinski definition) is 0. The molecule has 0 bridgehead atoms. The molecule has 0 radical (unpaired) electrons. The minimum atomic E-state index is 0.421. The second-order valence-corrected chi connectivity index (χ2v) is 6.77. The van der Waals surface area contributed by atoms with E-state index in [-0.39, 0.29) is 0 Å². The van der Waals surface area contributed by atoms with E-state index in [0.717, 1.165) is 16.9 Å². The molecule has 9 heteroatoms. The standard InChI is InChI=1S/C18H13ClN4O3S/c1-24-14-8-4-11(5-9-14)16-20-15(26-23-16)10-27-18-22-21-17(25-18)12-2-6-13(19)7-3-12/h2-9H,10H2,1H3. The van der Waals surface area contributed by atoms with Crippen LogP contribution in [0.5, 0.6) is 5.75 Å². The summed E-state index contributed by atoms with van der Waals surface area (Å²) < 4.78 is 16.1. The number of benzene rings is 2. The lowest BCUT2D eigenvalue weighted by atomic mass is 10.2. The molecule has 0 N–H and O–H groups in total. The summed E-state index contributed by atoms with van der Waals surface area (Å²) in [5.74, 6) is 2.60. The van der Waals surface area contributed by atoms with E-state index in [1.165, 1.54) is 11.8 Å². The van der Waals surface area contributed by atoms with Crippen molar-refractivity contribution in [3.63, 3.8) is 0 Å². The van der Waals surface area contributed by atoms with E-state index in [1.54, 1.807) is 19.2 Å². The zero-order valence-corrected chi connectivity index (χ0v) is 15.7. The van der Waals surface area contributed by atoms with Gasteiger partial charge in [-0.15, -0.1) is 10.2 Å². The predicted molar refractivity (Wildman–Crippen MR) is 101 cm³/mol. The van der Waals surface area contributed by atoms with Gasteiger partial charge in [0.1, 0.15) is 5.75 Å². The largest absolute Gasteiger partial charge is 0.497 e. The monoisotopic (exact) mass is 400 g/mol. The van der Waals surface area contributed by atoms with Crippen molar-refractivity contribution < 1.29 is 13.7 Å². The lowest BCUT2D eigenvalue weighted by Crippen LogP contribution is -1.85. The number of aromatic nitrogens is 4. The van der Waals surface area contributed by atoms with Crippen molar-refractivity contribution in [2.24, 2.45) is 0 Å². The molecule has 0 amide bonds. The first kappa shape index (κ1) is 17.6. The van der Waals surface area contributed by atoms with Crippen LogP contribution in [0, 0.1) is 0 Å². The van der Waals surface area contributed by atoms with E-state index < -0.39 is 0 Å². The first-order valence-corrected chi connectivity index (χ1v) is 9.27. The maximum atomic E-state index is 5.88. The van der Waals surface area contributed by atoms with Gasteiger partial charge in [-0.25, -0.2) is 0 Å². The van der Waals surface area contributed by atoms with E-state index in [1.807, 2.05) is 36.4 Å². The van der Waals surface area contributed by atoms with E-state index in [9.17, 15) is 0 Å². The molecular formula is C18H13ClN4O3S. The quantitative estimate of drug-likeness (QED) is 0.429. The Bertz CT molecular complexity index is 1030. The van der Waals surface area contributed by atoms with Crippen LogP contribution in [0.2, 0.25) is 5.02 Å². The smallest absolute Gasteiger partial charge is 0.277 e. The van der Waals surface area contributed by atoms with Gasteiger partial charge in [-0.05, 0) is 48.5 Å². The van der Waals surface area contributed by atoms with Gasteiger partial charge in [-0.3, -0.25) is 0 Å². The van der Waals surface area contributed by atoms with Crippen LogP contribution in [0.25, 0.3) is 22.8 Å². The van der Waals surface area contributed by atoms with Crippen LogP contribution in [0.4, 0.5) is 0 Å². The summed E-state index contributed by atoms with van der Waals surface area (Å²) in [6.45, 7) is 0. The van der Waals surface area contributed by atoms with Gasteiger partial charge in [0.2, 0.25) is 17.6 Å². The Morgan fingerprint density at radius 2 is 1.74 bits per heavy atom. The van der Waals surface area contributed by atoms with Crippen LogP contribution in [0.15, 0.2) is 62.7 Å². The lowest BCUT2D eigenvalue weighted by Gasteiger charge is -1.98. The van der Waals surface area contributed by atoms with Crippen molar-refractivity contribution in [3.05, 3.63) is 59.4 Å². The molecule has 4 rings (SSSR count). The number of methoxy groups -OCH3 is 1. The Labute approximate surface area is 163 Å². The zero-order chi connectivity index (χ0) is 18.6. The first-order valence-electron chi connectivity index (χ1n) is 7.90. The Morgan fingerprint density at radius 3 is 2.48 bits per heavy atom. The number of ether oxygens (including phenoxy) is 1. The van der Waals surface area contributed by atoms with E-state index in [0.29, 0.717) is 33.6 Å². The molecule has 0 aliphatic rings. The summed E-state index contributed by atoms with van der Waals surface area (Å²) in [5, 5.41) is 13.1. The fraction of sp³-hybridized carbons (Fsp3) is 0.111. The fourth-order valence-electron chi connectivity index (χ4n) is 2.27. The second-order valence-electron chi connectivity index (χ2n) is 5.41. The molecule has 0 aliphatic heterocycles. The molecule has 0 fully saturated rings. The van der Waals surface area contributed by atoms with Gasteiger partial charge in [-0.2, -0.15) is 4.98 Å². The van der Waals surface area contributed by atoms with Gasteiger partial charge >= 0.3 is 0 Å². The van der Waals surface area contributed by atoms with E-state index >= 15 is 0 Å². The molecule has 27 heavy (non-hydrogen) atoms. The molecule has 136 valence electrons. The minimum Gasteiger partial charge on any atom is -0.497 e. The summed E-state index contributed by atoms with van der Waals surface area (Å²) in [6.07, 6.45) is 0. The van der Waals surface area contributed by atoms with Crippen molar-refractivity contribution in [2.75, 3.05) is 7.11 Å². The molecular weight excluding hydrogens is 388 g/mol. The van der Waals surface area contributed by atoms with Crippen LogP contribution >= 0.6 is 23.4 Å². The predicted octanol–water partition coefficient (Wildman–Crippen LogP) is 4.74. The molecule has 0 atom stereocenters. The van der Waals surface area contributed by atoms with Crippen molar-refractivity contribution in [1.82, 2.24) is 20.3 Å². The highest BCUT2D eigenvalue weighted by Gasteiger charge is 2.13. The van der Waals surface area contributed by atoms with Gasteiger partial charge in [0.25, 0.3) is 5.22 Å². The highest BCUT2D eigenvalue weighted by Crippen LogP contribution is 2.27. The molecule has 0 unspecified atom stereocenters. The van der Waals surface area contributed by atoms with Crippen molar-refractivity contribution in [1.29, 1.82) is 0 Å². The molecule has 0 aliphatic carbocycles. The number of halogens is 1.